The number of ether oxygens (including phenoxy) is 1. The summed E-state index contributed by atoms with van der Waals surface area (Å²) in [5.41, 5.74) is 5.41. The molecule has 4 saturated carbocycles. The number of carbonyl (C=O) groups excluding carboxylic acids is 1. The van der Waals surface area contributed by atoms with Crippen molar-refractivity contribution >= 4 is 17.2 Å². The second-order valence-electron chi connectivity index (χ2n) is 16.5. The number of amides is 1. The summed E-state index contributed by atoms with van der Waals surface area (Å²) < 4.78 is 8.25. The predicted molar refractivity (Wildman–Crippen MR) is 207 cm³/mol. The van der Waals surface area contributed by atoms with Gasteiger partial charge >= 0.3 is 0 Å². The number of aromatic nitrogens is 4. The monoisotopic (exact) mass is 691 g/mol. The van der Waals surface area contributed by atoms with Crippen molar-refractivity contribution in [3.63, 3.8) is 0 Å². The van der Waals surface area contributed by atoms with Crippen molar-refractivity contribution in [3.05, 3.63) is 65.9 Å². The number of benzene rings is 2. The molecular formula is C44H61N5O2. The molecule has 4 aliphatic rings. The van der Waals surface area contributed by atoms with Gasteiger partial charge in [-0.2, -0.15) is 4.63 Å². The van der Waals surface area contributed by atoms with E-state index in [0.29, 0.717) is 12.2 Å². The number of H-pyrrole nitrogens is 1. The first kappa shape index (κ1) is 35.8. The van der Waals surface area contributed by atoms with Crippen LogP contribution in [0.4, 0.5) is 5.69 Å². The van der Waals surface area contributed by atoms with E-state index in [2.05, 4.69) is 42.5 Å². The molecule has 0 saturated heterocycles. The molecule has 1 unspecified atom stereocenters. The third kappa shape index (κ3) is 8.89. The summed E-state index contributed by atoms with van der Waals surface area (Å²) in [6, 6.07) is 18.5. The van der Waals surface area contributed by atoms with E-state index in [4.69, 9.17) is 14.8 Å². The van der Waals surface area contributed by atoms with Gasteiger partial charge in [0.15, 0.2) is 17.6 Å². The summed E-state index contributed by atoms with van der Waals surface area (Å²) in [5.74, 6) is 3.98. The quantitative estimate of drug-likeness (QED) is 0.0904. The lowest BCUT2D eigenvalue weighted by Gasteiger charge is -2.56. The average molecular weight is 692 g/mol. The van der Waals surface area contributed by atoms with E-state index in [0.717, 1.165) is 59.7 Å². The van der Waals surface area contributed by atoms with Gasteiger partial charge in [0.25, 0.3) is 5.91 Å². The fraction of sp³-hybridized carbons (Fsp3) is 0.614. The lowest BCUT2D eigenvalue weighted by molar-refractivity contribution is -0.123. The molecule has 1 atom stereocenters. The number of aromatic amines is 1. The Balaban J connectivity index is 0.978. The van der Waals surface area contributed by atoms with E-state index in [9.17, 15) is 4.79 Å². The van der Waals surface area contributed by atoms with E-state index >= 15 is 0 Å². The Morgan fingerprint density at radius 2 is 1.49 bits per heavy atom. The number of nitrogens with one attached hydrogen (secondary N) is 2. The fourth-order valence-electron chi connectivity index (χ4n) is 9.91. The topological polar surface area (TPSA) is 84.3 Å². The molecule has 7 nitrogen and oxygen atoms in total. The Hall–Kier alpha value is -3.61. The molecule has 4 aromatic rings. The number of nitrogens with zero attached hydrogens (tertiary/aromatic N) is 3. The van der Waals surface area contributed by atoms with Gasteiger partial charge in [0.2, 0.25) is 0 Å². The SMILES string of the molecule is CCCCCCCCCCCCC(Oc1ccc(CCCC)cc1)C(=O)Nc1cccc(-c2nc3cc(C45CC6CC(CC(C6)C4)C5)[nH]n3n2)c1. The molecule has 4 aliphatic carbocycles. The minimum Gasteiger partial charge on any atom is -0.481 e. The van der Waals surface area contributed by atoms with Gasteiger partial charge in [0.05, 0.1) is 0 Å². The third-order valence-corrected chi connectivity index (χ3v) is 12.3. The number of unbranched alkanes of at least 4 members (excludes halogenated alkanes) is 10. The Bertz CT molecular complexity index is 1640. The van der Waals surface area contributed by atoms with E-state index in [-0.39, 0.29) is 11.3 Å². The number of hydrogen-bond donors (Lipinski definition) is 2. The molecule has 4 bridgehead atoms. The largest absolute Gasteiger partial charge is 0.481 e. The van der Waals surface area contributed by atoms with Gasteiger partial charge in [-0.05, 0) is 112 Å². The highest BCUT2D eigenvalue weighted by molar-refractivity contribution is 5.94. The molecule has 2 aromatic heterocycles. The van der Waals surface area contributed by atoms with Crippen molar-refractivity contribution in [2.45, 2.75) is 154 Å². The van der Waals surface area contributed by atoms with E-state index in [1.54, 1.807) is 0 Å². The lowest BCUT2D eigenvalue weighted by atomic mass is 9.49. The molecule has 51 heavy (non-hydrogen) atoms. The summed E-state index contributed by atoms with van der Waals surface area (Å²) in [4.78, 5) is 18.7. The van der Waals surface area contributed by atoms with Gasteiger partial charge in [-0.15, -0.1) is 5.10 Å². The molecule has 2 heterocycles. The smallest absolute Gasteiger partial charge is 0.265 e. The molecule has 8 rings (SSSR count). The highest BCUT2D eigenvalue weighted by Gasteiger charge is 2.52. The van der Waals surface area contributed by atoms with Crippen LogP contribution in [0.15, 0.2) is 54.6 Å². The number of carbonyl (C=O) groups is 1. The maximum Gasteiger partial charge on any atom is 0.265 e. The van der Waals surface area contributed by atoms with Crippen LogP contribution in [0.3, 0.4) is 0 Å². The Labute approximate surface area is 305 Å². The third-order valence-electron chi connectivity index (χ3n) is 12.3. The van der Waals surface area contributed by atoms with Crippen LogP contribution in [0.25, 0.3) is 17.0 Å². The van der Waals surface area contributed by atoms with Crippen molar-refractivity contribution in [2.75, 3.05) is 5.32 Å². The number of aryl methyl sites for hydroxylation is 1. The Morgan fingerprint density at radius 3 is 2.14 bits per heavy atom. The van der Waals surface area contributed by atoms with Crippen LogP contribution in [-0.4, -0.2) is 31.8 Å². The zero-order valence-electron chi connectivity index (χ0n) is 31.3. The minimum atomic E-state index is -0.559. The summed E-state index contributed by atoms with van der Waals surface area (Å²) in [7, 11) is 0. The first-order valence-corrected chi connectivity index (χ1v) is 20.6. The zero-order valence-corrected chi connectivity index (χ0v) is 31.3. The highest BCUT2D eigenvalue weighted by atomic mass is 16.5. The van der Waals surface area contributed by atoms with E-state index in [1.807, 2.05) is 41.0 Å². The number of fused-ring (bicyclic) bond motifs is 1. The molecule has 7 heteroatoms. The van der Waals surface area contributed by atoms with Crippen molar-refractivity contribution in [1.29, 1.82) is 0 Å². The average Bonchev–Trinajstić information content (AvgIpc) is 3.72. The van der Waals surface area contributed by atoms with E-state index < -0.39 is 6.10 Å². The van der Waals surface area contributed by atoms with Crippen LogP contribution in [0.2, 0.25) is 0 Å². The van der Waals surface area contributed by atoms with Gasteiger partial charge in [-0.25, -0.2) is 4.98 Å². The standard InChI is InChI=1S/C44H61N5O2/c1-3-5-7-8-9-10-11-12-13-14-19-39(51-38-22-20-32(21-23-38)16-6-4-2)43(50)45-37-18-15-17-36(27-37)42-46-41-28-40(47-49(41)48-42)44-29-33-24-34(30-44)26-35(25-33)31-44/h15,17-18,20-23,27-28,33-35,39,47H,3-14,16,19,24-26,29-31H2,1-2H3,(H,45,50). The lowest BCUT2D eigenvalue weighted by Crippen LogP contribution is -2.48. The minimum absolute atomic E-state index is 0.108. The van der Waals surface area contributed by atoms with Gasteiger partial charge < -0.3 is 10.1 Å². The zero-order chi connectivity index (χ0) is 35.0. The van der Waals surface area contributed by atoms with E-state index in [1.165, 1.54) is 114 Å². The fourth-order valence-corrected chi connectivity index (χ4v) is 9.91. The second kappa shape index (κ2) is 16.8. The van der Waals surface area contributed by atoms with Crippen molar-refractivity contribution in [2.24, 2.45) is 17.8 Å². The Kier molecular flexibility index (Phi) is 11.8. The molecule has 2 N–H and O–H groups in total. The van der Waals surface area contributed by atoms with Crippen LogP contribution in [-0.2, 0) is 16.6 Å². The van der Waals surface area contributed by atoms with Crippen LogP contribution < -0.4 is 10.1 Å². The molecule has 0 aliphatic heterocycles. The summed E-state index contributed by atoms with van der Waals surface area (Å²) in [5, 5.41) is 11.7. The molecule has 1 amide bonds. The summed E-state index contributed by atoms with van der Waals surface area (Å²) >= 11 is 0. The first-order valence-electron chi connectivity index (χ1n) is 20.6. The second-order valence-corrected chi connectivity index (χ2v) is 16.5. The molecule has 2 aromatic carbocycles. The van der Waals surface area contributed by atoms with Crippen molar-refractivity contribution in [1.82, 2.24) is 19.8 Å². The Morgan fingerprint density at radius 1 is 0.843 bits per heavy atom. The predicted octanol–water partition coefficient (Wildman–Crippen LogP) is 11.2. The number of hydrogen-bond acceptors (Lipinski definition) is 4. The van der Waals surface area contributed by atoms with Crippen LogP contribution in [0.5, 0.6) is 5.75 Å². The van der Waals surface area contributed by atoms with Gasteiger partial charge in [0, 0.05) is 28.4 Å². The van der Waals surface area contributed by atoms with Crippen LogP contribution >= 0.6 is 0 Å². The molecule has 4 fully saturated rings. The van der Waals surface area contributed by atoms with Gasteiger partial charge in [0.1, 0.15) is 5.75 Å². The van der Waals surface area contributed by atoms with Gasteiger partial charge in [-0.1, -0.05) is 102 Å². The summed E-state index contributed by atoms with van der Waals surface area (Å²) in [6.07, 6.45) is 24.4. The molecular weight excluding hydrogens is 631 g/mol. The first-order chi connectivity index (χ1) is 25.0. The maximum atomic E-state index is 13.8. The van der Waals surface area contributed by atoms with Crippen LogP contribution in [0.1, 0.15) is 147 Å². The molecule has 0 spiro atoms. The maximum absolute atomic E-state index is 13.8. The highest BCUT2D eigenvalue weighted by Crippen LogP contribution is 2.60. The number of rotatable bonds is 20. The summed E-state index contributed by atoms with van der Waals surface area (Å²) in [6.45, 7) is 4.49. The van der Waals surface area contributed by atoms with Crippen LogP contribution in [0, 0.1) is 17.8 Å². The normalized spacial score (nSPS) is 22.8. The van der Waals surface area contributed by atoms with Gasteiger partial charge in [-0.3, -0.25) is 9.89 Å². The molecule has 274 valence electrons. The number of anilines is 1. The van der Waals surface area contributed by atoms with Crippen molar-refractivity contribution in [3.8, 4) is 17.1 Å². The van der Waals surface area contributed by atoms with Crippen molar-refractivity contribution < 1.29 is 9.53 Å². The molecule has 0 radical (unpaired) electrons.